The van der Waals surface area contributed by atoms with Crippen LogP contribution in [-0.4, -0.2) is 9.97 Å². The van der Waals surface area contributed by atoms with Gasteiger partial charge in [-0.05, 0) is 30.7 Å². The molecule has 0 saturated carbocycles. The zero-order valence-electron chi connectivity index (χ0n) is 8.74. The fourth-order valence-corrected chi connectivity index (χ4v) is 1.31. The number of rotatable bonds is 2. The molecule has 0 spiro atoms. The van der Waals surface area contributed by atoms with Crippen LogP contribution in [-0.2, 0) is 0 Å². The highest BCUT2D eigenvalue weighted by Crippen LogP contribution is 2.24. The number of nitrogen functional groups attached to an aromatic ring is 1. The maximum absolute atomic E-state index is 13.1. The van der Waals surface area contributed by atoms with E-state index in [-0.39, 0.29) is 5.82 Å². The van der Waals surface area contributed by atoms with Crippen LogP contribution < -0.4 is 11.1 Å². The Kier molecular flexibility index (Phi) is 2.68. The summed E-state index contributed by atoms with van der Waals surface area (Å²) in [6.45, 7) is 1.81. The van der Waals surface area contributed by atoms with Gasteiger partial charge in [-0.15, -0.1) is 0 Å². The lowest BCUT2D eigenvalue weighted by Crippen LogP contribution is -2.01. The van der Waals surface area contributed by atoms with E-state index in [1.54, 1.807) is 25.4 Å². The standard InChI is InChI=1S/C11H11FN4/c1-7-9(13)5-8(12)6-10(7)16-11-14-3-2-4-15-11/h2-6H,13H2,1H3,(H,14,15,16). The van der Waals surface area contributed by atoms with E-state index in [4.69, 9.17) is 5.73 Å². The lowest BCUT2D eigenvalue weighted by molar-refractivity contribution is 0.628. The molecule has 1 heterocycles. The predicted molar refractivity (Wildman–Crippen MR) is 60.9 cm³/mol. The highest BCUT2D eigenvalue weighted by Gasteiger charge is 2.06. The summed E-state index contributed by atoms with van der Waals surface area (Å²) in [7, 11) is 0. The molecule has 16 heavy (non-hydrogen) atoms. The van der Waals surface area contributed by atoms with Crippen molar-refractivity contribution in [3.63, 3.8) is 0 Å². The van der Waals surface area contributed by atoms with Gasteiger partial charge in [-0.3, -0.25) is 0 Å². The minimum Gasteiger partial charge on any atom is -0.398 e. The molecule has 0 bridgehead atoms. The molecule has 0 fully saturated rings. The van der Waals surface area contributed by atoms with Gasteiger partial charge in [-0.25, -0.2) is 14.4 Å². The average Bonchev–Trinajstić information content (AvgIpc) is 2.27. The van der Waals surface area contributed by atoms with Crippen LogP contribution in [0, 0.1) is 12.7 Å². The third-order valence-corrected chi connectivity index (χ3v) is 2.22. The van der Waals surface area contributed by atoms with E-state index in [1.165, 1.54) is 12.1 Å². The lowest BCUT2D eigenvalue weighted by Gasteiger charge is -2.09. The summed E-state index contributed by atoms with van der Waals surface area (Å²) in [4.78, 5) is 7.98. The van der Waals surface area contributed by atoms with Gasteiger partial charge in [-0.1, -0.05) is 0 Å². The molecular formula is C11H11FN4. The van der Waals surface area contributed by atoms with Crippen LogP contribution in [0.5, 0.6) is 0 Å². The van der Waals surface area contributed by atoms with Crippen LogP contribution in [0.1, 0.15) is 5.56 Å². The number of aromatic nitrogens is 2. The Morgan fingerprint density at radius 3 is 2.62 bits per heavy atom. The SMILES string of the molecule is Cc1c(N)cc(F)cc1Nc1ncccn1. The van der Waals surface area contributed by atoms with Crippen LogP contribution >= 0.6 is 0 Å². The minimum atomic E-state index is -0.387. The Morgan fingerprint density at radius 2 is 1.94 bits per heavy atom. The topological polar surface area (TPSA) is 63.8 Å². The van der Waals surface area contributed by atoms with Crippen molar-refractivity contribution in [1.82, 2.24) is 9.97 Å². The van der Waals surface area contributed by atoms with Crippen LogP contribution in [0.4, 0.5) is 21.7 Å². The molecule has 5 heteroatoms. The summed E-state index contributed by atoms with van der Waals surface area (Å²) in [5.41, 5.74) is 7.40. The summed E-state index contributed by atoms with van der Waals surface area (Å²) in [5.74, 6) is 0.0251. The van der Waals surface area contributed by atoms with Gasteiger partial charge in [-0.2, -0.15) is 0 Å². The third-order valence-electron chi connectivity index (χ3n) is 2.22. The molecule has 0 saturated heterocycles. The first-order chi connectivity index (χ1) is 7.66. The van der Waals surface area contributed by atoms with Crippen molar-refractivity contribution < 1.29 is 4.39 Å². The van der Waals surface area contributed by atoms with E-state index in [2.05, 4.69) is 15.3 Å². The van der Waals surface area contributed by atoms with Crippen molar-refractivity contribution in [2.75, 3.05) is 11.1 Å². The van der Waals surface area contributed by atoms with Crippen molar-refractivity contribution in [1.29, 1.82) is 0 Å². The highest BCUT2D eigenvalue weighted by atomic mass is 19.1. The van der Waals surface area contributed by atoms with Gasteiger partial charge < -0.3 is 11.1 Å². The summed E-state index contributed by atoms with van der Waals surface area (Å²) in [5, 5.41) is 2.91. The fourth-order valence-electron chi connectivity index (χ4n) is 1.31. The summed E-state index contributed by atoms with van der Waals surface area (Å²) < 4.78 is 13.1. The van der Waals surface area contributed by atoms with E-state index in [1.807, 2.05) is 0 Å². The van der Waals surface area contributed by atoms with E-state index in [0.717, 1.165) is 5.56 Å². The van der Waals surface area contributed by atoms with E-state index < -0.39 is 0 Å². The number of nitrogens with zero attached hydrogens (tertiary/aromatic N) is 2. The molecule has 0 radical (unpaired) electrons. The Hall–Kier alpha value is -2.17. The zero-order chi connectivity index (χ0) is 11.5. The molecule has 0 aliphatic carbocycles. The molecule has 2 rings (SSSR count). The van der Waals surface area contributed by atoms with Crippen LogP contribution in [0.3, 0.4) is 0 Å². The number of nitrogens with two attached hydrogens (primary N) is 1. The summed E-state index contributed by atoms with van der Waals surface area (Å²) >= 11 is 0. The first kappa shape index (κ1) is 10.4. The van der Waals surface area contributed by atoms with Crippen LogP contribution in [0.25, 0.3) is 0 Å². The van der Waals surface area contributed by atoms with Crippen molar-refractivity contribution in [2.24, 2.45) is 0 Å². The monoisotopic (exact) mass is 218 g/mol. The number of hydrogen-bond acceptors (Lipinski definition) is 4. The van der Waals surface area contributed by atoms with E-state index in [0.29, 0.717) is 17.3 Å². The number of benzene rings is 1. The summed E-state index contributed by atoms with van der Waals surface area (Å²) in [6, 6.07) is 4.35. The van der Waals surface area contributed by atoms with Gasteiger partial charge >= 0.3 is 0 Å². The first-order valence-electron chi connectivity index (χ1n) is 4.76. The molecule has 0 amide bonds. The molecule has 2 aromatic rings. The van der Waals surface area contributed by atoms with Gasteiger partial charge in [0.15, 0.2) is 0 Å². The lowest BCUT2D eigenvalue weighted by atomic mass is 10.1. The molecule has 0 aliphatic rings. The average molecular weight is 218 g/mol. The second-order valence-electron chi connectivity index (χ2n) is 3.36. The fraction of sp³-hybridized carbons (Fsp3) is 0.0909. The second kappa shape index (κ2) is 4.14. The molecule has 1 aromatic heterocycles. The van der Waals surface area contributed by atoms with Gasteiger partial charge in [0.05, 0.1) is 0 Å². The zero-order valence-corrected chi connectivity index (χ0v) is 8.74. The molecule has 0 aliphatic heterocycles. The van der Waals surface area contributed by atoms with E-state index >= 15 is 0 Å². The van der Waals surface area contributed by atoms with Gasteiger partial charge in [0.25, 0.3) is 0 Å². The maximum atomic E-state index is 13.1. The number of nitrogens with one attached hydrogen (secondary N) is 1. The third kappa shape index (κ3) is 2.08. The van der Waals surface area contributed by atoms with Crippen molar-refractivity contribution >= 4 is 17.3 Å². The minimum absolute atomic E-state index is 0.387. The highest BCUT2D eigenvalue weighted by molar-refractivity contribution is 5.66. The molecular weight excluding hydrogens is 207 g/mol. The Labute approximate surface area is 92.3 Å². The molecule has 4 nitrogen and oxygen atoms in total. The normalized spacial score (nSPS) is 10.1. The van der Waals surface area contributed by atoms with Crippen molar-refractivity contribution in [2.45, 2.75) is 6.92 Å². The van der Waals surface area contributed by atoms with Crippen LogP contribution in [0.2, 0.25) is 0 Å². The van der Waals surface area contributed by atoms with E-state index in [9.17, 15) is 4.39 Å². The largest absolute Gasteiger partial charge is 0.398 e. The Bertz CT molecular complexity index is 499. The Morgan fingerprint density at radius 1 is 1.25 bits per heavy atom. The number of hydrogen-bond donors (Lipinski definition) is 2. The van der Waals surface area contributed by atoms with Gasteiger partial charge in [0.1, 0.15) is 5.82 Å². The number of halogens is 1. The van der Waals surface area contributed by atoms with Gasteiger partial charge in [0, 0.05) is 23.8 Å². The number of anilines is 3. The molecule has 3 N–H and O–H groups in total. The maximum Gasteiger partial charge on any atom is 0.227 e. The quantitative estimate of drug-likeness (QED) is 0.759. The molecule has 0 unspecified atom stereocenters. The van der Waals surface area contributed by atoms with Crippen LogP contribution in [0.15, 0.2) is 30.6 Å². The smallest absolute Gasteiger partial charge is 0.227 e. The van der Waals surface area contributed by atoms with Crippen molar-refractivity contribution in [3.05, 3.63) is 42.0 Å². The molecule has 0 atom stereocenters. The van der Waals surface area contributed by atoms with Crippen molar-refractivity contribution in [3.8, 4) is 0 Å². The van der Waals surface area contributed by atoms with Gasteiger partial charge in [0.2, 0.25) is 5.95 Å². The summed E-state index contributed by atoms with van der Waals surface area (Å²) in [6.07, 6.45) is 3.21. The predicted octanol–water partition coefficient (Wildman–Crippen LogP) is 2.25. The first-order valence-corrected chi connectivity index (χ1v) is 4.76. The Balaban J connectivity index is 2.35. The molecule has 82 valence electrons. The second-order valence-corrected chi connectivity index (χ2v) is 3.36. The molecule has 1 aromatic carbocycles.